The smallest absolute Gasteiger partial charge is 0.220 e. The van der Waals surface area contributed by atoms with E-state index in [0.29, 0.717) is 31.0 Å². The van der Waals surface area contributed by atoms with Crippen LogP contribution in [0.1, 0.15) is 32.1 Å². The summed E-state index contributed by atoms with van der Waals surface area (Å²) in [6.45, 7) is 1.48. The summed E-state index contributed by atoms with van der Waals surface area (Å²) in [6, 6.07) is 1.34. The van der Waals surface area contributed by atoms with E-state index in [1.54, 1.807) is 12.5 Å². The van der Waals surface area contributed by atoms with Gasteiger partial charge in [0.2, 0.25) is 5.91 Å². The highest BCUT2D eigenvalue weighted by Crippen LogP contribution is 2.32. The van der Waals surface area contributed by atoms with Gasteiger partial charge in [-0.25, -0.2) is 4.98 Å². The molecule has 0 radical (unpaired) electrons. The molecule has 1 aromatic heterocycles. The molecule has 2 atom stereocenters. The summed E-state index contributed by atoms with van der Waals surface area (Å²) in [4.78, 5) is 15.9. The summed E-state index contributed by atoms with van der Waals surface area (Å²) in [7, 11) is 0. The van der Waals surface area contributed by atoms with Gasteiger partial charge in [0.05, 0.1) is 6.33 Å². The van der Waals surface area contributed by atoms with Gasteiger partial charge in [0.25, 0.3) is 0 Å². The lowest BCUT2D eigenvalue weighted by Gasteiger charge is -2.28. The zero-order valence-electron chi connectivity index (χ0n) is 11.2. The third-order valence-corrected chi connectivity index (χ3v) is 4.30. The van der Waals surface area contributed by atoms with Crippen LogP contribution in [0.4, 0.5) is 0 Å². The van der Waals surface area contributed by atoms with Crippen LogP contribution in [0.15, 0.2) is 18.7 Å². The third-order valence-electron chi connectivity index (χ3n) is 4.30. The van der Waals surface area contributed by atoms with E-state index < -0.39 is 0 Å². The zero-order valence-corrected chi connectivity index (χ0v) is 11.2. The highest BCUT2D eigenvalue weighted by Gasteiger charge is 2.33. The van der Waals surface area contributed by atoms with Gasteiger partial charge in [0, 0.05) is 44.0 Å². The van der Waals surface area contributed by atoms with E-state index in [2.05, 4.69) is 15.6 Å². The minimum absolute atomic E-state index is 0.200. The van der Waals surface area contributed by atoms with Crippen LogP contribution in [0.3, 0.4) is 0 Å². The summed E-state index contributed by atoms with van der Waals surface area (Å²) in [5.41, 5.74) is 0. The molecule has 5 nitrogen and oxygen atoms in total. The molecule has 19 heavy (non-hydrogen) atoms. The van der Waals surface area contributed by atoms with Crippen LogP contribution in [-0.4, -0.2) is 34.1 Å². The van der Waals surface area contributed by atoms with Crippen LogP contribution in [-0.2, 0) is 11.3 Å². The Kier molecular flexibility index (Phi) is 3.82. The number of nitrogens with one attached hydrogen (secondary N) is 2. The molecule has 2 bridgehead atoms. The van der Waals surface area contributed by atoms with Crippen LogP contribution < -0.4 is 10.6 Å². The van der Waals surface area contributed by atoms with Crippen molar-refractivity contribution >= 4 is 5.91 Å². The van der Waals surface area contributed by atoms with Gasteiger partial charge in [-0.2, -0.15) is 0 Å². The van der Waals surface area contributed by atoms with Gasteiger partial charge in [0.1, 0.15) is 0 Å². The fraction of sp³-hybridized carbons (Fsp3) is 0.714. The molecule has 3 rings (SSSR count). The van der Waals surface area contributed by atoms with Crippen LogP contribution in [0, 0.1) is 5.92 Å². The highest BCUT2D eigenvalue weighted by molar-refractivity contribution is 5.76. The van der Waals surface area contributed by atoms with E-state index in [9.17, 15) is 4.79 Å². The second kappa shape index (κ2) is 5.74. The number of nitrogens with zero attached hydrogens (tertiary/aromatic N) is 2. The molecular weight excluding hydrogens is 240 g/mol. The standard InChI is InChI=1S/C14H22N4O/c19-14(16-4-6-18-5-3-15-10-18)9-11-7-12-1-2-13(8-11)17-12/h3,5,10-13,17H,1-2,4,6-9H2,(H,16,19). The average Bonchev–Trinajstić information content (AvgIpc) is 2.99. The first-order valence-electron chi connectivity index (χ1n) is 7.28. The number of carbonyl (C=O) groups excluding carboxylic acids is 1. The molecule has 3 heterocycles. The number of hydrogen-bond donors (Lipinski definition) is 2. The van der Waals surface area contributed by atoms with Crippen molar-refractivity contribution in [3.63, 3.8) is 0 Å². The summed E-state index contributed by atoms with van der Waals surface area (Å²) in [5, 5.41) is 6.62. The molecule has 0 spiro atoms. The number of fused-ring (bicyclic) bond motifs is 2. The zero-order chi connectivity index (χ0) is 13.1. The molecule has 2 fully saturated rings. The van der Waals surface area contributed by atoms with Crippen molar-refractivity contribution in [2.45, 2.75) is 50.7 Å². The van der Waals surface area contributed by atoms with Crippen molar-refractivity contribution in [3.8, 4) is 0 Å². The molecule has 2 aliphatic rings. The maximum absolute atomic E-state index is 11.9. The van der Waals surface area contributed by atoms with E-state index in [1.165, 1.54) is 25.7 Å². The molecular formula is C14H22N4O. The summed E-state index contributed by atoms with van der Waals surface area (Å²) >= 11 is 0. The predicted molar refractivity (Wildman–Crippen MR) is 72.5 cm³/mol. The Morgan fingerprint density at radius 1 is 1.37 bits per heavy atom. The van der Waals surface area contributed by atoms with E-state index in [4.69, 9.17) is 0 Å². The summed E-state index contributed by atoms with van der Waals surface area (Å²) in [5.74, 6) is 0.776. The average molecular weight is 262 g/mol. The van der Waals surface area contributed by atoms with E-state index in [1.807, 2.05) is 10.8 Å². The monoisotopic (exact) mass is 262 g/mol. The van der Waals surface area contributed by atoms with Gasteiger partial charge >= 0.3 is 0 Å². The number of amides is 1. The fourth-order valence-corrected chi connectivity index (χ4v) is 3.42. The molecule has 0 saturated carbocycles. The Hall–Kier alpha value is -1.36. The largest absolute Gasteiger partial charge is 0.354 e. The van der Waals surface area contributed by atoms with Crippen LogP contribution in [0.2, 0.25) is 0 Å². The minimum Gasteiger partial charge on any atom is -0.354 e. The number of hydrogen-bond acceptors (Lipinski definition) is 3. The first kappa shape index (κ1) is 12.7. The molecule has 2 saturated heterocycles. The van der Waals surface area contributed by atoms with Gasteiger partial charge in [-0.3, -0.25) is 4.79 Å². The van der Waals surface area contributed by atoms with Crippen LogP contribution in [0.25, 0.3) is 0 Å². The minimum atomic E-state index is 0.200. The van der Waals surface area contributed by atoms with E-state index >= 15 is 0 Å². The summed E-state index contributed by atoms with van der Waals surface area (Å²) < 4.78 is 1.98. The molecule has 2 aliphatic heterocycles. The Morgan fingerprint density at radius 3 is 2.84 bits per heavy atom. The number of rotatable bonds is 5. The Bertz CT molecular complexity index is 405. The third kappa shape index (κ3) is 3.35. The lowest BCUT2D eigenvalue weighted by atomic mass is 9.89. The molecule has 1 amide bonds. The Morgan fingerprint density at radius 2 is 2.16 bits per heavy atom. The molecule has 104 valence electrons. The molecule has 2 N–H and O–H groups in total. The van der Waals surface area contributed by atoms with Gasteiger partial charge in [-0.15, -0.1) is 0 Å². The normalized spacial score (nSPS) is 29.4. The summed E-state index contributed by atoms with van der Waals surface area (Å²) in [6.07, 6.45) is 11.1. The number of imidazole rings is 1. The topological polar surface area (TPSA) is 59.0 Å². The highest BCUT2D eigenvalue weighted by atomic mass is 16.1. The maximum Gasteiger partial charge on any atom is 0.220 e. The molecule has 5 heteroatoms. The van der Waals surface area contributed by atoms with Gasteiger partial charge in [-0.1, -0.05) is 0 Å². The van der Waals surface area contributed by atoms with Crippen molar-refractivity contribution in [2.75, 3.05) is 6.54 Å². The molecule has 1 aromatic rings. The van der Waals surface area contributed by atoms with Crippen molar-refractivity contribution in [1.29, 1.82) is 0 Å². The van der Waals surface area contributed by atoms with Crippen molar-refractivity contribution in [1.82, 2.24) is 20.2 Å². The number of aromatic nitrogens is 2. The van der Waals surface area contributed by atoms with Crippen LogP contribution >= 0.6 is 0 Å². The Labute approximate surface area is 113 Å². The van der Waals surface area contributed by atoms with Crippen molar-refractivity contribution in [3.05, 3.63) is 18.7 Å². The molecule has 2 unspecified atom stereocenters. The van der Waals surface area contributed by atoms with Gasteiger partial charge in [0.15, 0.2) is 0 Å². The van der Waals surface area contributed by atoms with Crippen molar-refractivity contribution in [2.24, 2.45) is 5.92 Å². The SMILES string of the molecule is O=C(CC1CC2CCC(C1)N2)NCCn1ccnc1. The van der Waals surface area contributed by atoms with E-state index in [-0.39, 0.29) is 5.91 Å². The number of piperidine rings is 1. The second-order valence-electron chi connectivity index (χ2n) is 5.83. The van der Waals surface area contributed by atoms with Gasteiger partial charge in [-0.05, 0) is 31.6 Å². The van der Waals surface area contributed by atoms with Crippen molar-refractivity contribution < 1.29 is 4.79 Å². The quantitative estimate of drug-likeness (QED) is 0.829. The van der Waals surface area contributed by atoms with Crippen LogP contribution in [0.5, 0.6) is 0 Å². The maximum atomic E-state index is 11.9. The lowest BCUT2D eigenvalue weighted by molar-refractivity contribution is -0.122. The fourth-order valence-electron chi connectivity index (χ4n) is 3.42. The second-order valence-corrected chi connectivity index (χ2v) is 5.83. The first-order valence-corrected chi connectivity index (χ1v) is 7.28. The Balaban J connectivity index is 1.37. The lowest BCUT2D eigenvalue weighted by Crippen LogP contribution is -2.40. The molecule has 0 aromatic carbocycles. The van der Waals surface area contributed by atoms with E-state index in [0.717, 1.165) is 6.54 Å². The first-order chi connectivity index (χ1) is 9.29. The molecule has 0 aliphatic carbocycles. The van der Waals surface area contributed by atoms with Gasteiger partial charge < -0.3 is 15.2 Å². The predicted octanol–water partition coefficient (Wildman–Crippen LogP) is 0.920. The number of carbonyl (C=O) groups is 1.